The van der Waals surface area contributed by atoms with Gasteiger partial charge in [0.15, 0.2) is 0 Å². The first-order valence-electron chi connectivity index (χ1n) is 3.58. The lowest BCUT2D eigenvalue weighted by molar-refractivity contribution is -0.194. The van der Waals surface area contributed by atoms with E-state index in [9.17, 15) is 5.21 Å². The fraction of sp³-hybridized carbons (Fsp3) is 1.00. The summed E-state index contributed by atoms with van der Waals surface area (Å²) in [5.41, 5.74) is -0.314. The van der Waals surface area contributed by atoms with Crippen molar-refractivity contribution in [2.75, 3.05) is 7.05 Å². The fourth-order valence-corrected chi connectivity index (χ4v) is 0.996. The van der Waals surface area contributed by atoms with Crippen molar-refractivity contribution in [1.29, 1.82) is 0 Å². The average molecular weight is 146 g/mol. The van der Waals surface area contributed by atoms with E-state index in [1.165, 1.54) is 7.05 Å². The molecule has 10 heavy (non-hydrogen) atoms. The van der Waals surface area contributed by atoms with Gasteiger partial charge in [0, 0.05) is 0 Å². The van der Waals surface area contributed by atoms with E-state index in [0.717, 1.165) is 12.8 Å². The Hall–Kier alpha value is -0.120. The van der Waals surface area contributed by atoms with Gasteiger partial charge in [0.05, 0.1) is 5.60 Å². The van der Waals surface area contributed by atoms with Crippen LogP contribution in [0.25, 0.3) is 0 Å². The van der Waals surface area contributed by atoms with Crippen LogP contribution in [-0.2, 0) is 4.84 Å². The molecule has 0 bridgehead atoms. The van der Waals surface area contributed by atoms with E-state index in [0.29, 0.717) is 5.23 Å². The Balaban J connectivity index is 3.63. The van der Waals surface area contributed by atoms with Gasteiger partial charge >= 0.3 is 0 Å². The molecular formula is C7H16NO2-. The van der Waals surface area contributed by atoms with Crippen LogP contribution in [-0.4, -0.2) is 17.9 Å². The van der Waals surface area contributed by atoms with Crippen LogP contribution in [0.3, 0.4) is 0 Å². The van der Waals surface area contributed by atoms with Crippen LogP contribution < -0.4 is 0 Å². The van der Waals surface area contributed by atoms with Crippen LogP contribution in [0.5, 0.6) is 0 Å². The van der Waals surface area contributed by atoms with Gasteiger partial charge in [-0.25, -0.2) is 0 Å². The van der Waals surface area contributed by atoms with Crippen molar-refractivity contribution in [2.24, 2.45) is 0 Å². The SMILES string of the molecule is CCCC(C)(C)ON(C)[O-]. The van der Waals surface area contributed by atoms with Crippen molar-refractivity contribution in [3.63, 3.8) is 0 Å². The van der Waals surface area contributed by atoms with Crippen LogP contribution >= 0.6 is 0 Å². The lowest BCUT2D eigenvalue weighted by Crippen LogP contribution is -2.30. The molecule has 0 aromatic heterocycles. The summed E-state index contributed by atoms with van der Waals surface area (Å²) in [5.74, 6) is 0. The third-order valence-corrected chi connectivity index (χ3v) is 1.23. The number of nitrogens with zero attached hydrogens (tertiary/aromatic N) is 1. The Morgan fingerprint density at radius 3 is 2.30 bits per heavy atom. The van der Waals surface area contributed by atoms with Crippen molar-refractivity contribution in [3.05, 3.63) is 5.21 Å². The quantitative estimate of drug-likeness (QED) is 0.568. The highest BCUT2D eigenvalue weighted by atomic mass is 16.9. The molecule has 0 atom stereocenters. The molecule has 3 nitrogen and oxygen atoms in total. The van der Waals surface area contributed by atoms with Gasteiger partial charge in [0.25, 0.3) is 0 Å². The molecule has 0 N–H and O–H groups in total. The number of hydroxylamine groups is 2. The summed E-state index contributed by atoms with van der Waals surface area (Å²) in [6.07, 6.45) is 1.93. The van der Waals surface area contributed by atoms with E-state index in [1.54, 1.807) is 0 Å². The highest BCUT2D eigenvalue weighted by molar-refractivity contribution is 4.65. The molecule has 0 radical (unpaired) electrons. The number of hydrogen-bond donors (Lipinski definition) is 0. The van der Waals surface area contributed by atoms with Crippen LogP contribution in [0.1, 0.15) is 33.6 Å². The summed E-state index contributed by atoms with van der Waals surface area (Å²) in [7, 11) is 1.36. The van der Waals surface area contributed by atoms with Crippen LogP contribution in [0, 0.1) is 5.21 Å². The molecule has 0 aliphatic rings. The van der Waals surface area contributed by atoms with Crippen LogP contribution in [0.4, 0.5) is 0 Å². The maximum absolute atomic E-state index is 10.4. The molecule has 0 aliphatic carbocycles. The largest absolute Gasteiger partial charge is 0.762 e. The minimum Gasteiger partial charge on any atom is -0.762 e. The first-order chi connectivity index (χ1) is 4.48. The maximum Gasteiger partial charge on any atom is 0.0831 e. The van der Waals surface area contributed by atoms with Gasteiger partial charge in [0.1, 0.15) is 0 Å². The molecule has 0 aromatic carbocycles. The summed E-state index contributed by atoms with van der Waals surface area (Å²) in [6.45, 7) is 5.88. The van der Waals surface area contributed by atoms with E-state index in [2.05, 4.69) is 6.92 Å². The second-order valence-electron chi connectivity index (χ2n) is 3.04. The molecule has 0 spiro atoms. The second kappa shape index (κ2) is 3.91. The first-order valence-corrected chi connectivity index (χ1v) is 3.58. The third kappa shape index (κ3) is 4.73. The smallest absolute Gasteiger partial charge is 0.0831 e. The fourth-order valence-electron chi connectivity index (χ4n) is 0.996. The topological polar surface area (TPSA) is 35.5 Å². The van der Waals surface area contributed by atoms with E-state index in [-0.39, 0.29) is 5.60 Å². The van der Waals surface area contributed by atoms with Gasteiger partial charge in [-0.1, -0.05) is 13.3 Å². The third-order valence-electron chi connectivity index (χ3n) is 1.23. The zero-order chi connectivity index (χ0) is 8.20. The molecule has 0 amide bonds. The average Bonchev–Trinajstić information content (AvgIpc) is 1.59. The molecule has 62 valence electrons. The van der Waals surface area contributed by atoms with Gasteiger partial charge in [0.2, 0.25) is 0 Å². The van der Waals surface area contributed by atoms with Gasteiger partial charge < -0.3 is 10.0 Å². The van der Waals surface area contributed by atoms with Crippen LogP contribution in [0.15, 0.2) is 0 Å². The van der Waals surface area contributed by atoms with Crippen molar-refractivity contribution >= 4 is 0 Å². The van der Waals surface area contributed by atoms with Crippen molar-refractivity contribution in [2.45, 2.75) is 39.2 Å². The Morgan fingerprint density at radius 1 is 1.50 bits per heavy atom. The Labute approximate surface area is 62.5 Å². The normalized spacial score (nSPS) is 12.6. The minimum absolute atomic E-state index is 0.314. The van der Waals surface area contributed by atoms with Gasteiger partial charge in [-0.3, -0.25) is 5.23 Å². The van der Waals surface area contributed by atoms with Gasteiger partial charge in [-0.2, -0.15) is 0 Å². The molecule has 0 aliphatic heterocycles. The predicted molar refractivity (Wildman–Crippen MR) is 41.2 cm³/mol. The predicted octanol–water partition coefficient (Wildman–Crippen LogP) is 1.93. The minimum atomic E-state index is -0.314. The summed E-state index contributed by atoms with van der Waals surface area (Å²) in [5, 5.41) is 10.9. The van der Waals surface area contributed by atoms with Crippen molar-refractivity contribution in [1.82, 2.24) is 5.23 Å². The van der Waals surface area contributed by atoms with E-state index >= 15 is 0 Å². The highest BCUT2D eigenvalue weighted by Crippen LogP contribution is 2.16. The zero-order valence-electron chi connectivity index (χ0n) is 7.18. The van der Waals surface area contributed by atoms with Crippen molar-refractivity contribution in [3.8, 4) is 0 Å². The number of hydrogen-bond acceptors (Lipinski definition) is 3. The standard InChI is InChI=1S/C7H16NO2/c1-5-6-7(2,3)10-8(4)9/h5-6H2,1-4H3/q-1. The summed E-state index contributed by atoms with van der Waals surface area (Å²) in [6, 6.07) is 0. The molecular weight excluding hydrogens is 130 g/mol. The molecule has 3 heteroatoms. The second-order valence-corrected chi connectivity index (χ2v) is 3.04. The lowest BCUT2D eigenvalue weighted by Gasteiger charge is -2.33. The zero-order valence-corrected chi connectivity index (χ0v) is 7.18. The Kier molecular flexibility index (Phi) is 3.86. The van der Waals surface area contributed by atoms with Crippen molar-refractivity contribution < 1.29 is 4.84 Å². The summed E-state index contributed by atoms with van der Waals surface area (Å²) >= 11 is 0. The van der Waals surface area contributed by atoms with E-state index in [4.69, 9.17) is 4.84 Å². The Morgan fingerprint density at radius 2 is 2.00 bits per heavy atom. The molecule has 0 unspecified atom stereocenters. The van der Waals surface area contributed by atoms with Gasteiger partial charge in [-0.15, -0.1) is 0 Å². The molecule has 0 aromatic rings. The summed E-state index contributed by atoms with van der Waals surface area (Å²) in [4.78, 5) is 4.96. The van der Waals surface area contributed by atoms with Crippen LogP contribution in [0.2, 0.25) is 0 Å². The molecule has 0 fully saturated rings. The maximum atomic E-state index is 10.4. The monoisotopic (exact) mass is 146 g/mol. The summed E-state index contributed by atoms with van der Waals surface area (Å²) < 4.78 is 0. The Bertz CT molecular complexity index is 91.6. The molecule has 0 saturated heterocycles. The number of rotatable bonds is 4. The highest BCUT2D eigenvalue weighted by Gasteiger charge is 2.16. The first kappa shape index (κ1) is 9.88. The van der Waals surface area contributed by atoms with E-state index in [1.807, 2.05) is 13.8 Å². The van der Waals surface area contributed by atoms with Gasteiger partial charge in [-0.05, 0) is 27.3 Å². The molecule has 0 heterocycles. The van der Waals surface area contributed by atoms with E-state index < -0.39 is 0 Å². The molecule has 0 rings (SSSR count). The molecule has 0 saturated carbocycles. The lowest BCUT2D eigenvalue weighted by atomic mass is 10.0.